The van der Waals surface area contributed by atoms with Crippen LogP contribution in [0.3, 0.4) is 0 Å². The highest BCUT2D eigenvalue weighted by Crippen LogP contribution is 2.37. The average molecular weight is 420 g/mol. The van der Waals surface area contributed by atoms with E-state index in [1.54, 1.807) is 51.3 Å². The SMILES string of the molecule is C=C/C=C(/C)C(C)/C=C(/C)C(F)(I)I. The molecule has 0 rings (SSSR count). The summed E-state index contributed by atoms with van der Waals surface area (Å²) in [5.41, 5.74) is 1.94. The molecule has 0 aromatic rings. The molecule has 0 aromatic carbocycles. The van der Waals surface area contributed by atoms with E-state index in [9.17, 15) is 4.39 Å². The predicted molar refractivity (Wildman–Crippen MR) is 78.8 cm³/mol. The Hall–Kier alpha value is 0.610. The van der Waals surface area contributed by atoms with Crippen molar-refractivity contribution in [2.24, 2.45) is 5.92 Å². The van der Waals surface area contributed by atoms with Crippen molar-refractivity contribution in [2.75, 3.05) is 0 Å². The van der Waals surface area contributed by atoms with Crippen LogP contribution in [0.5, 0.6) is 0 Å². The molecule has 0 bridgehead atoms. The van der Waals surface area contributed by atoms with E-state index in [2.05, 4.69) is 13.5 Å². The fraction of sp³-hybridized carbons (Fsp3) is 0.455. The molecule has 0 radical (unpaired) electrons. The van der Waals surface area contributed by atoms with Crippen molar-refractivity contribution in [1.82, 2.24) is 0 Å². The Morgan fingerprint density at radius 3 is 2.29 bits per heavy atom. The molecule has 0 spiro atoms. The number of alkyl halides is 3. The largest absolute Gasteiger partial charge is 0.231 e. The van der Waals surface area contributed by atoms with Crippen LogP contribution in [0.4, 0.5) is 4.39 Å². The fourth-order valence-corrected chi connectivity index (χ4v) is 1.30. The highest BCUT2D eigenvalue weighted by Gasteiger charge is 2.23. The smallest absolute Gasteiger partial charge is 0.216 e. The van der Waals surface area contributed by atoms with Gasteiger partial charge in [-0.15, -0.1) is 0 Å². The first-order chi connectivity index (χ1) is 6.29. The minimum Gasteiger partial charge on any atom is -0.216 e. The van der Waals surface area contributed by atoms with Crippen LogP contribution in [-0.2, 0) is 0 Å². The van der Waals surface area contributed by atoms with Crippen LogP contribution in [0.15, 0.2) is 36.0 Å². The van der Waals surface area contributed by atoms with Crippen LogP contribution in [-0.4, -0.2) is 1.68 Å². The first-order valence-electron chi connectivity index (χ1n) is 4.34. The Labute approximate surface area is 113 Å². The number of rotatable bonds is 4. The molecule has 3 heteroatoms. The molecule has 0 amide bonds. The van der Waals surface area contributed by atoms with Gasteiger partial charge in [0.25, 0.3) is 0 Å². The van der Waals surface area contributed by atoms with Gasteiger partial charge < -0.3 is 0 Å². The fourth-order valence-electron chi connectivity index (χ4n) is 0.939. The second-order valence-electron chi connectivity index (χ2n) is 3.28. The number of allylic oxidation sites excluding steroid dienone is 5. The Morgan fingerprint density at radius 2 is 1.93 bits per heavy atom. The minimum absolute atomic E-state index is 0.257. The summed E-state index contributed by atoms with van der Waals surface area (Å²) in [5, 5.41) is 0. The van der Waals surface area contributed by atoms with Crippen molar-refractivity contribution in [3.63, 3.8) is 0 Å². The third-order valence-electron chi connectivity index (χ3n) is 2.05. The van der Waals surface area contributed by atoms with Crippen molar-refractivity contribution >= 4 is 45.2 Å². The van der Waals surface area contributed by atoms with Gasteiger partial charge in [-0.3, -0.25) is 0 Å². The molecule has 0 N–H and O–H groups in total. The summed E-state index contributed by atoms with van der Waals surface area (Å²) in [6.07, 6.45) is 5.66. The lowest BCUT2D eigenvalue weighted by atomic mass is 10.00. The molecule has 1 atom stereocenters. The summed E-state index contributed by atoms with van der Waals surface area (Å²) in [7, 11) is 0. The maximum absolute atomic E-state index is 13.5. The molecule has 0 saturated carbocycles. The van der Waals surface area contributed by atoms with E-state index in [0.717, 1.165) is 5.57 Å². The van der Waals surface area contributed by atoms with Crippen LogP contribution in [0.1, 0.15) is 20.8 Å². The summed E-state index contributed by atoms with van der Waals surface area (Å²) in [6.45, 7) is 9.53. The lowest BCUT2D eigenvalue weighted by Gasteiger charge is -2.14. The number of halogens is 3. The van der Waals surface area contributed by atoms with Gasteiger partial charge in [0.15, 0.2) is 0 Å². The molecule has 0 fully saturated rings. The molecular formula is C11H15FI2. The summed E-state index contributed by atoms with van der Waals surface area (Å²) >= 11 is 3.59. The molecular weight excluding hydrogens is 405 g/mol. The molecule has 0 aromatic heterocycles. The quantitative estimate of drug-likeness (QED) is 0.254. The second-order valence-corrected chi connectivity index (χ2v) is 8.32. The van der Waals surface area contributed by atoms with Gasteiger partial charge in [-0.2, -0.15) is 0 Å². The van der Waals surface area contributed by atoms with Gasteiger partial charge in [0.2, 0.25) is 1.68 Å². The van der Waals surface area contributed by atoms with Gasteiger partial charge in [0.1, 0.15) is 0 Å². The molecule has 80 valence electrons. The Bertz CT molecular complexity index is 259. The highest BCUT2D eigenvalue weighted by molar-refractivity contribution is 14.2. The average Bonchev–Trinajstić information content (AvgIpc) is 2.02. The summed E-state index contributed by atoms with van der Waals surface area (Å²) in [4.78, 5) is 0. The van der Waals surface area contributed by atoms with Gasteiger partial charge in [-0.25, -0.2) is 4.39 Å². The highest BCUT2D eigenvalue weighted by atomic mass is 127. The van der Waals surface area contributed by atoms with Crippen molar-refractivity contribution in [3.8, 4) is 0 Å². The van der Waals surface area contributed by atoms with Gasteiger partial charge in [-0.1, -0.05) is 37.3 Å². The third-order valence-corrected chi connectivity index (χ3v) is 3.75. The van der Waals surface area contributed by atoms with E-state index in [1.807, 2.05) is 26.0 Å². The first-order valence-corrected chi connectivity index (χ1v) is 6.49. The van der Waals surface area contributed by atoms with Crippen molar-refractivity contribution in [2.45, 2.75) is 22.5 Å². The van der Waals surface area contributed by atoms with Gasteiger partial charge in [0, 0.05) is 0 Å². The lowest BCUT2D eigenvalue weighted by molar-refractivity contribution is 0.500. The Morgan fingerprint density at radius 1 is 1.43 bits per heavy atom. The van der Waals surface area contributed by atoms with Crippen LogP contribution in [0.2, 0.25) is 0 Å². The maximum atomic E-state index is 13.5. The summed E-state index contributed by atoms with van der Waals surface area (Å²) < 4.78 is 12.2. The van der Waals surface area contributed by atoms with Crippen molar-refractivity contribution in [1.29, 1.82) is 0 Å². The second kappa shape index (κ2) is 6.25. The molecule has 0 aliphatic heterocycles. The van der Waals surface area contributed by atoms with Crippen molar-refractivity contribution in [3.05, 3.63) is 36.0 Å². The molecule has 1 unspecified atom stereocenters. The van der Waals surface area contributed by atoms with Crippen LogP contribution in [0.25, 0.3) is 0 Å². The molecule has 0 heterocycles. The lowest BCUT2D eigenvalue weighted by Crippen LogP contribution is -2.05. The van der Waals surface area contributed by atoms with E-state index in [4.69, 9.17) is 0 Å². The number of hydrogen-bond donors (Lipinski definition) is 0. The van der Waals surface area contributed by atoms with Gasteiger partial charge >= 0.3 is 0 Å². The van der Waals surface area contributed by atoms with Crippen LogP contribution >= 0.6 is 45.2 Å². The Balaban J connectivity index is 4.67. The van der Waals surface area contributed by atoms with Crippen LogP contribution in [0, 0.1) is 5.92 Å². The van der Waals surface area contributed by atoms with E-state index in [-0.39, 0.29) is 5.92 Å². The topological polar surface area (TPSA) is 0 Å². The number of hydrogen-bond acceptors (Lipinski definition) is 0. The maximum Gasteiger partial charge on any atom is 0.231 e. The minimum atomic E-state index is -1.28. The zero-order valence-electron chi connectivity index (χ0n) is 8.65. The molecule has 0 aliphatic carbocycles. The Kier molecular flexibility index (Phi) is 6.52. The van der Waals surface area contributed by atoms with Crippen LogP contribution < -0.4 is 0 Å². The first kappa shape index (κ1) is 14.6. The molecule has 0 saturated heterocycles. The van der Waals surface area contributed by atoms with E-state index >= 15 is 0 Å². The van der Waals surface area contributed by atoms with Gasteiger partial charge in [-0.05, 0) is 70.5 Å². The summed E-state index contributed by atoms with van der Waals surface area (Å²) in [5.74, 6) is 0.257. The van der Waals surface area contributed by atoms with Gasteiger partial charge in [0.05, 0.1) is 0 Å². The standard InChI is InChI=1S/C11H15FI2/c1-5-6-8(2)9(3)7-10(4)11(12,13)14/h5-7,9H,1H2,2-4H3/b8-6-,10-7-. The molecule has 0 nitrogen and oxygen atoms in total. The molecule has 14 heavy (non-hydrogen) atoms. The molecule has 0 aliphatic rings. The van der Waals surface area contributed by atoms with E-state index in [0.29, 0.717) is 0 Å². The zero-order valence-corrected chi connectivity index (χ0v) is 13.0. The third kappa shape index (κ3) is 5.48. The van der Waals surface area contributed by atoms with Crippen molar-refractivity contribution < 1.29 is 4.39 Å². The van der Waals surface area contributed by atoms with E-state index in [1.165, 1.54) is 5.57 Å². The summed E-state index contributed by atoms with van der Waals surface area (Å²) in [6, 6.07) is 0. The van der Waals surface area contributed by atoms with E-state index < -0.39 is 1.68 Å². The monoisotopic (exact) mass is 420 g/mol. The normalized spacial score (nSPS) is 16.7. The predicted octanol–water partition coefficient (Wildman–Crippen LogP) is 5.19. The zero-order chi connectivity index (χ0) is 11.4.